The van der Waals surface area contributed by atoms with E-state index in [2.05, 4.69) is 49.2 Å². The summed E-state index contributed by atoms with van der Waals surface area (Å²) in [6, 6.07) is 6.01. The molecule has 0 radical (unpaired) electrons. The zero-order valence-electron chi connectivity index (χ0n) is 36.1. The van der Waals surface area contributed by atoms with E-state index in [1.54, 1.807) is 26.3 Å². The van der Waals surface area contributed by atoms with Crippen LogP contribution < -0.4 is 4.90 Å². The molecule has 5 heterocycles. The number of nitrogens with zero attached hydrogens (tertiary/aromatic N) is 6. The second-order valence-electron chi connectivity index (χ2n) is 19.5. The van der Waals surface area contributed by atoms with Gasteiger partial charge in [0.2, 0.25) is 0 Å². The zero-order chi connectivity index (χ0) is 41.1. The van der Waals surface area contributed by atoms with Gasteiger partial charge in [-0.25, -0.2) is 9.78 Å². The van der Waals surface area contributed by atoms with Crippen molar-refractivity contribution >= 4 is 39.8 Å². The molecule has 1 amide bonds. The van der Waals surface area contributed by atoms with E-state index in [-0.39, 0.29) is 24.1 Å². The number of aliphatic hydroxyl groups is 1. The van der Waals surface area contributed by atoms with Crippen molar-refractivity contribution in [2.45, 2.75) is 148 Å². The molecular weight excluding hydrogens is 741 g/mol. The van der Waals surface area contributed by atoms with Crippen LogP contribution in [0.4, 0.5) is 10.6 Å². The summed E-state index contributed by atoms with van der Waals surface area (Å²) >= 11 is 0. The molecule has 0 aliphatic carbocycles. The number of carbonyl (C=O) groups excluding carboxylic acids is 1. The van der Waals surface area contributed by atoms with Crippen LogP contribution >= 0.6 is 0 Å². The van der Waals surface area contributed by atoms with Crippen LogP contribution in [0.15, 0.2) is 30.8 Å². The fourth-order valence-electron chi connectivity index (χ4n) is 7.39. The molecule has 0 saturated carbocycles. The van der Waals surface area contributed by atoms with E-state index in [9.17, 15) is 9.90 Å². The Bertz CT molecular complexity index is 1770. The Morgan fingerprint density at radius 3 is 2.05 bits per heavy atom. The van der Waals surface area contributed by atoms with Crippen LogP contribution in [-0.2, 0) is 24.5 Å². The van der Waals surface area contributed by atoms with Gasteiger partial charge in [-0.2, -0.15) is 9.61 Å². The monoisotopic (exact) mass is 808 g/mol. The smallest absolute Gasteiger partial charge is 0.410 e. The third kappa shape index (κ3) is 11.4. The predicted octanol–water partition coefficient (Wildman–Crippen LogP) is 9.10. The van der Waals surface area contributed by atoms with E-state index < -0.39 is 27.3 Å². The second kappa shape index (κ2) is 17.7. The molecule has 0 aromatic carbocycles. The first-order chi connectivity index (χ1) is 26.1. The number of ether oxygens (including phenoxy) is 4. The van der Waals surface area contributed by atoms with Crippen molar-refractivity contribution in [2.75, 3.05) is 38.2 Å². The lowest BCUT2D eigenvalue weighted by atomic mass is 9.86. The first-order valence-electron chi connectivity index (χ1n) is 20.5. The number of amides is 1. The van der Waals surface area contributed by atoms with Gasteiger partial charge >= 0.3 is 6.09 Å². The summed E-state index contributed by atoms with van der Waals surface area (Å²) in [4.78, 5) is 27.8. The van der Waals surface area contributed by atoms with Gasteiger partial charge in [-0.05, 0) is 91.5 Å². The number of anilines is 1. The van der Waals surface area contributed by atoms with Gasteiger partial charge < -0.3 is 33.9 Å². The third-order valence-corrected chi connectivity index (χ3v) is 13.8. The van der Waals surface area contributed by atoms with E-state index in [0.29, 0.717) is 44.6 Å². The molecular formula is C42H68N6O6Si2. The minimum Gasteiger partial charge on any atom is -0.501 e. The molecule has 1 N–H and O–H groups in total. The average Bonchev–Trinajstić information content (AvgIpc) is 3.63. The minimum absolute atomic E-state index is 0.0488. The molecule has 2 saturated heterocycles. The highest BCUT2D eigenvalue weighted by atomic mass is 28.3. The number of rotatable bonds is 17. The number of hydrogen-bond donors (Lipinski definition) is 1. The van der Waals surface area contributed by atoms with E-state index in [1.807, 2.05) is 61.5 Å². The van der Waals surface area contributed by atoms with Crippen LogP contribution in [0.2, 0.25) is 51.4 Å². The topological polar surface area (TPSA) is 124 Å². The Morgan fingerprint density at radius 2 is 1.55 bits per heavy atom. The second-order valence-corrected chi connectivity index (χ2v) is 30.7. The molecule has 310 valence electrons. The van der Waals surface area contributed by atoms with E-state index in [4.69, 9.17) is 29.0 Å². The Kier molecular flexibility index (Phi) is 13.8. The Hall–Kier alpha value is -3.31. The molecule has 3 aromatic heterocycles. The lowest BCUT2D eigenvalue weighted by molar-refractivity contribution is 0.00567. The van der Waals surface area contributed by atoms with Crippen LogP contribution in [0, 0.1) is 0 Å². The molecule has 2 aliphatic heterocycles. The van der Waals surface area contributed by atoms with Crippen LogP contribution in [-0.4, -0.2) is 103 Å². The van der Waals surface area contributed by atoms with Crippen LogP contribution in [0.5, 0.6) is 0 Å². The van der Waals surface area contributed by atoms with Gasteiger partial charge in [-0.3, -0.25) is 4.98 Å². The molecule has 3 aromatic rings. The molecule has 1 unspecified atom stereocenters. The minimum atomic E-state index is -1.34. The summed E-state index contributed by atoms with van der Waals surface area (Å²) in [5.41, 5.74) is 3.14. The van der Waals surface area contributed by atoms with E-state index in [0.717, 1.165) is 66.0 Å². The molecule has 3 atom stereocenters. The average molecular weight is 809 g/mol. The lowest BCUT2D eigenvalue weighted by Crippen LogP contribution is -2.48. The number of carbonyl (C=O) groups is 1. The fourth-order valence-corrected chi connectivity index (χ4v) is 8.91. The molecule has 2 bridgehead atoms. The van der Waals surface area contributed by atoms with Crippen molar-refractivity contribution in [2.24, 2.45) is 0 Å². The standard InChI is InChI=1S/C42H68N6O6Si2/c1-13-51-19-18-34-37(31-24-32-15-16-33(25-31)47(32)40(49)54-41(2,3)4)45-38-35(30-14-17-36(43-26-30)42(5,6)50)27-44-48(38)39(34)46(28-52-20-22-55(7,8)9)29-53-21-23-56(10,11)12/h14,17-19,26-27,31-33,50H,13,15-16,20-25,28-29H2,1-12H3/t31?,32-,33+. The summed E-state index contributed by atoms with van der Waals surface area (Å²) in [5.74, 6) is 0.869. The van der Waals surface area contributed by atoms with Gasteiger partial charge in [0.25, 0.3) is 0 Å². The normalized spacial score (nSPS) is 19.3. The van der Waals surface area contributed by atoms with Gasteiger partial charge in [0.15, 0.2) is 5.65 Å². The summed E-state index contributed by atoms with van der Waals surface area (Å²) < 4.78 is 26.6. The Balaban J connectivity index is 1.66. The molecule has 0 spiro atoms. The largest absolute Gasteiger partial charge is 0.501 e. The van der Waals surface area contributed by atoms with Crippen molar-refractivity contribution in [1.82, 2.24) is 24.5 Å². The van der Waals surface area contributed by atoms with Crippen molar-refractivity contribution < 1.29 is 28.8 Å². The van der Waals surface area contributed by atoms with Gasteiger partial charge in [0.05, 0.1) is 30.5 Å². The fraction of sp³-hybridized carbons (Fsp3) is 0.667. The Morgan fingerprint density at radius 1 is 0.946 bits per heavy atom. The van der Waals surface area contributed by atoms with Crippen molar-refractivity contribution in [1.29, 1.82) is 0 Å². The predicted molar refractivity (Wildman–Crippen MR) is 229 cm³/mol. The van der Waals surface area contributed by atoms with Crippen molar-refractivity contribution in [3.8, 4) is 11.1 Å². The SMILES string of the molecule is CCOC=Cc1c(C2C[C@H]3CC[C@@H](C2)N3C(=O)OC(C)(C)C)nc2c(-c3ccc(C(C)(C)O)nc3)cnn2c1N(COCC[Si](C)(C)C)COCC[Si](C)(C)C. The highest BCUT2D eigenvalue weighted by molar-refractivity contribution is 6.76. The summed E-state index contributed by atoms with van der Waals surface area (Å²) in [6.07, 6.45) is 10.5. The van der Waals surface area contributed by atoms with Crippen LogP contribution in [0.3, 0.4) is 0 Å². The number of hydrogen-bond acceptors (Lipinski definition) is 10. The first-order valence-corrected chi connectivity index (χ1v) is 27.9. The number of aromatic nitrogens is 4. The van der Waals surface area contributed by atoms with Gasteiger partial charge in [-0.15, -0.1) is 0 Å². The molecule has 5 rings (SSSR count). The maximum Gasteiger partial charge on any atom is 0.410 e. The first kappa shape index (κ1) is 43.8. The number of fused-ring (bicyclic) bond motifs is 3. The van der Waals surface area contributed by atoms with Crippen molar-refractivity contribution in [3.63, 3.8) is 0 Å². The molecule has 2 fully saturated rings. The molecule has 2 aliphatic rings. The van der Waals surface area contributed by atoms with Crippen LogP contribution in [0.1, 0.15) is 90.1 Å². The quantitative estimate of drug-likeness (QED) is 0.0612. The summed E-state index contributed by atoms with van der Waals surface area (Å²) in [5, 5.41) is 15.6. The van der Waals surface area contributed by atoms with Crippen molar-refractivity contribution in [3.05, 3.63) is 47.7 Å². The Labute approximate surface area is 337 Å². The van der Waals surface area contributed by atoms with E-state index >= 15 is 0 Å². The summed E-state index contributed by atoms with van der Waals surface area (Å²) in [7, 11) is -2.67. The maximum atomic E-state index is 13.5. The third-order valence-electron chi connectivity index (χ3n) is 10.4. The van der Waals surface area contributed by atoms with Gasteiger partial charge in [0, 0.05) is 70.3 Å². The number of piperidine rings is 1. The van der Waals surface area contributed by atoms with E-state index in [1.165, 1.54) is 0 Å². The maximum absolute atomic E-state index is 13.5. The zero-order valence-corrected chi connectivity index (χ0v) is 38.1. The highest BCUT2D eigenvalue weighted by Crippen LogP contribution is 2.46. The molecule has 14 heteroatoms. The molecule has 56 heavy (non-hydrogen) atoms. The van der Waals surface area contributed by atoms with Gasteiger partial charge in [-0.1, -0.05) is 45.3 Å². The molecule has 12 nitrogen and oxygen atoms in total. The van der Waals surface area contributed by atoms with Crippen LogP contribution in [0.25, 0.3) is 22.9 Å². The number of pyridine rings is 1. The lowest BCUT2D eigenvalue weighted by Gasteiger charge is -2.40. The summed E-state index contributed by atoms with van der Waals surface area (Å²) in [6.45, 7) is 27.8. The highest BCUT2D eigenvalue weighted by Gasteiger charge is 2.46. The van der Waals surface area contributed by atoms with Gasteiger partial charge in [0.1, 0.15) is 30.5 Å².